The number of sulfonamides is 2. The van der Waals surface area contributed by atoms with Gasteiger partial charge >= 0.3 is 0 Å². The summed E-state index contributed by atoms with van der Waals surface area (Å²) >= 11 is 0. The van der Waals surface area contributed by atoms with Gasteiger partial charge in [0, 0.05) is 18.0 Å². The van der Waals surface area contributed by atoms with Gasteiger partial charge in [0.05, 0.1) is 9.79 Å². The van der Waals surface area contributed by atoms with Crippen molar-refractivity contribution < 1.29 is 16.8 Å². The van der Waals surface area contributed by atoms with Crippen molar-refractivity contribution in [3.05, 3.63) is 60.2 Å². The minimum Gasteiger partial charge on any atom is -0.210 e. The lowest BCUT2D eigenvalue weighted by Crippen LogP contribution is -2.39. The molecule has 2 saturated carbocycles. The summed E-state index contributed by atoms with van der Waals surface area (Å²) in [5.41, 5.74) is 0.927. The Morgan fingerprint density at radius 1 is 0.828 bits per heavy atom. The molecule has 0 bridgehead atoms. The molecular weight excluding hydrogens is 408 g/mol. The summed E-state index contributed by atoms with van der Waals surface area (Å²) in [6, 6.07) is 15.5. The van der Waals surface area contributed by atoms with Crippen molar-refractivity contribution in [2.24, 2.45) is 0 Å². The predicted octanol–water partition coefficient (Wildman–Crippen LogP) is 2.92. The maximum absolute atomic E-state index is 12.9. The number of benzene rings is 2. The molecule has 8 heteroatoms. The Kier molecular flexibility index (Phi) is 5.54. The van der Waals surface area contributed by atoms with Crippen LogP contribution in [0.25, 0.3) is 0 Å². The van der Waals surface area contributed by atoms with Crippen molar-refractivity contribution in [2.75, 3.05) is 6.54 Å². The van der Waals surface area contributed by atoms with E-state index in [9.17, 15) is 16.8 Å². The molecule has 2 aromatic rings. The van der Waals surface area contributed by atoms with Gasteiger partial charge in [0.25, 0.3) is 0 Å². The molecule has 0 spiro atoms. The highest BCUT2D eigenvalue weighted by Gasteiger charge is 2.37. The molecule has 0 heterocycles. The Balaban J connectivity index is 1.55. The van der Waals surface area contributed by atoms with E-state index in [1.54, 1.807) is 0 Å². The Bertz CT molecular complexity index is 1070. The second kappa shape index (κ2) is 7.83. The van der Waals surface area contributed by atoms with Crippen LogP contribution in [-0.4, -0.2) is 29.4 Å². The van der Waals surface area contributed by atoms with Crippen LogP contribution in [0.2, 0.25) is 0 Å². The molecular formula is C21H26N2O4S2. The van der Waals surface area contributed by atoms with Crippen LogP contribution in [0.5, 0.6) is 0 Å². The highest BCUT2D eigenvalue weighted by molar-refractivity contribution is 7.90. The van der Waals surface area contributed by atoms with Gasteiger partial charge in [0.15, 0.2) is 0 Å². The van der Waals surface area contributed by atoms with Gasteiger partial charge in [-0.3, -0.25) is 0 Å². The standard InChI is InChI=1S/C21H26N2O4S2/c24-28(25,19-9-6-10-20(15-19)29(26,27)23-18-11-12-18)22-16-21(13-4-5-14-21)17-7-2-1-3-8-17/h1-3,6-10,15,18,22-23H,4-5,11-14,16H2. The maximum atomic E-state index is 12.9. The minimum atomic E-state index is -3.83. The number of nitrogens with one attached hydrogen (secondary N) is 2. The Hall–Kier alpha value is -1.74. The normalized spacial score (nSPS) is 19.3. The van der Waals surface area contributed by atoms with Crippen LogP contribution < -0.4 is 9.44 Å². The van der Waals surface area contributed by atoms with Gasteiger partial charge in [0.2, 0.25) is 20.0 Å². The van der Waals surface area contributed by atoms with Crippen molar-refractivity contribution in [3.63, 3.8) is 0 Å². The van der Waals surface area contributed by atoms with E-state index in [1.807, 2.05) is 18.2 Å². The van der Waals surface area contributed by atoms with Crippen molar-refractivity contribution in [3.8, 4) is 0 Å². The van der Waals surface area contributed by atoms with E-state index >= 15 is 0 Å². The third-order valence-electron chi connectivity index (χ3n) is 5.87. The van der Waals surface area contributed by atoms with E-state index in [4.69, 9.17) is 0 Å². The molecule has 0 radical (unpaired) electrons. The lowest BCUT2D eigenvalue weighted by atomic mass is 9.79. The summed E-state index contributed by atoms with van der Waals surface area (Å²) < 4.78 is 56.1. The summed E-state index contributed by atoms with van der Waals surface area (Å²) in [4.78, 5) is -0.0525. The molecule has 29 heavy (non-hydrogen) atoms. The first-order valence-electron chi connectivity index (χ1n) is 9.98. The van der Waals surface area contributed by atoms with Crippen LogP contribution in [-0.2, 0) is 25.5 Å². The van der Waals surface area contributed by atoms with Crippen LogP contribution in [0.1, 0.15) is 44.1 Å². The first-order valence-corrected chi connectivity index (χ1v) is 13.0. The monoisotopic (exact) mass is 434 g/mol. The Morgan fingerprint density at radius 3 is 2.07 bits per heavy atom. The molecule has 4 rings (SSSR count). The van der Waals surface area contributed by atoms with E-state index in [0.717, 1.165) is 44.1 Å². The number of hydrogen-bond donors (Lipinski definition) is 2. The van der Waals surface area contributed by atoms with Gasteiger partial charge in [-0.15, -0.1) is 0 Å². The first-order chi connectivity index (χ1) is 13.8. The molecule has 0 aromatic heterocycles. The summed E-state index contributed by atoms with van der Waals surface area (Å²) in [5, 5.41) is 0. The van der Waals surface area contributed by atoms with Crippen LogP contribution in [0.15, 0.2) is 64.4 Å². The zero-order valence-electron chi connectivity index (χ0n) is 16.2. The maximum Gasteiger partial charge on any atom is 0.240 e. The lowest BCUT2D eigenvalue weighted by molar-refractivity contribution is 0.432. The Labute approximate surface area is 172 Å². The smallest absolute Gasteiger partial charge is 0.210 e. The van der Waals surface area contributed by atoms with E-state index in [-0.39, 0.29) is 21.2 Å². The molecule has 0 atom stereocenters. The zero-order valence-corrected chi connectivity index (χ0v) is 17.8. The highest BCUT2D eigenvalue weighted by atomic mass is 32.2. The van der Waals surface area contributed by atoms with Gasteiger partial charge < -0.3 is 0 Å². The van der Waals surface area contributed by atoms with Gasteiger partial charge in [0.1, 0.15) is 0 Å². The summed E-state index contributed by atoms with van der Waals surface area (Å²) in [7, 11) is -7.54. The van der Waals surface area contributed by atoms with Gasteiger partial charge in [-0.1, -0.05) is 49.2 Å². The van der Waals surface area contributed by atoms with E-state index in [2.05, 4.69) is 21.6 Å². The van der Waals surface area contributed by atoms with E-state index in [1.165, 1.54) is 24.3 Å². The van der Waals surface area contributed by atoms with Crippen LogP contribution in [0.4, 0.5) is 0 Å². The van der Waals surface area contributed by atoms with Crippen molar-refractivity contribution in [1.82, 2.24) is 9.44 Å². The molecule has 2 aromatic carbocycles. The highest BCUT2D eigenvalue weighted by Crippen LogP contribution is 2.40. The fourth-order valence-corrected chi connectivity index (χ4v) is 6.62. The Morgan fingerprint density at radius 2 is 1.45 bits per heavy atom. The van der Waals surface area contributed by atoms with Crippen LogP contribution in [0.3, 0.4) is 0 Å². The SMILES string of the molecule is O=S(=O)(NCC1(c2ccccc2)CCCC1)c1cccc(S(=O)(=O)NC2CC2)c1. The summed E-state index contributed by atoms with van der Waals surface area (Å²) in [6.45, 7) is 0.302. The zero-order chi connectivity index (χ0) is 20.5. The summed E-state index contributed by atoms with van der Waals surface area (Å²) in [5.74, 6) is 0. The molecule has 156 valence electrons. The van der Waals surface area contributed by atoms with Gasteiger partial charge in [-0.2, -0.15) is 0 Å². The second-order valence-electron chi connectivity index (χ2n) is 8.05. The molecule has 2 fully saturated rings. The molecule has 2 aliphatic rings. The molecule has 0 aliphatic heterocycles. The number of hydrogen-bond acceptors (Lipinski definition) is 4. The number of rotatable bonds is 8. The third kappa shape index (κ3) is 4.55. The van der Waals surface area contributed by atoms with E-state index in [0.29, 0.717) is 6.54 Å². The summed E-state index contributed by atoms with van der Waals surface area (Å²) in [6.07, 6.45) is 5.63. The fourth-order valence-electron chi connectivity index (χ4n) is 4.02. The topological polar surface area (TPSA) is 92.3 Å². The molecule has 0 saturated heterocycles. The van der Waals surface area contributed by atoms with Crippen LogP contribution >= 0.6 is 0 Å². The molecule has 0 unspecified atom stereocenters. The quantitative estimate of drug-likeness (QED) is 0.668. The first kappa shape index (κ1) is 20.5. The molecule has 2 N–H and O–H groups in total. The van der Waals surface area contributed by atoms with Gasteiger partial charge in [-0.25, -0.2) is 26.3 Å². The lowest BCUT2D eigenvalue weighted by Gasteiger charge is -2.30. The largest absolute Gasteiger partial charge is 0.240 e. The van der Waals surface area contributed by atoms with Crippen molar-refractivity contribution in [1.29, 1.82) is 0 Å². The minimum absolute atomic E-state index is 0.0223. The fraction of sp³-hybridized carbons (Fsp3) is 0.429. The average molecular weight is 435 g/mol. The van der Waals surface area contributed by atoms with Crippen LogP contribution in [0, 0.1) is 0 Å². The van der Waals surface area contributed by atoms with E-state index < -0.39 is 20.0 Å². The van der Waals surface area contributed by atoms with Crippen molar-refractivity contribution in [2.45, 2.75) is 59.8 Å². The average Bonchev–Trinajstić information content (AvgIpc) is 3.39. The molecule has 0 amide bonds. The second-order valence-corrected chi connectivity index (χ2v) is 11.5. The molecule has 2 aliphatic carbocycles. The van der Waals surface area contributed by atoms with Gasteiger partial charge in [-0.05, 0) is 49.4 Å². The predicted molar refractivity (Wildman–Crippen MR) is 112 cm³/mol. The third-order valence-corrected chi connectivity index (χ3v) is 8.79. The van der Waals surface area contributed by atoms with Crippen molar-refractivity contribution >= 4 is 20.0 Å². The molecule has 6 nitrogen and oxygen atoms in total.